The van der Waals surface area contributed by atoms with Crippen molar-refractivity contribution in [3.05, 3.63) is 70.2 Å². The highest BCUT2D eigenvalue weighted by molar-refractivity contribution is 9.10. The van der Waals surface area contributed by atoms with Crippen molar-refractivity contribution in [1.82, 2.24) is 5.32 Å². The first-order valence-corrected chi connectivity index (χ1v) is 6.85. The molecule has 1 amide bonds. The van der Waals surface area contributed by atoms with Crippen LogP contribution in [0.2, 0.25) is 0 Å². The van der Waals surface area contributed by atoms with Crippen LogP contribution in [0, 0.1) is 0 Å². The quantitative estimate of drug-likeness (QED) is 0.861. The number of amides is 1. The standard InChI is InChI=1S/C15H11BrF3NO/c16-12-8-6-11(7-9-12)14(21)20-13(15(17,18)19)10-4-2-1-3-5-10/h1-9,13H,(H,20,21). The van der Waals surface area contributed by atoms with Gasteiger partial charge in [0.05, 0.1) is 0 Å². The van der Waals surface area contributed by atoms with Gasteiger partial charge in [-0.3, -0.25) is 4.79 Å². The predicted octanol–water partition coefficient (Wildman–Crippen LogP) is 4.48. The zero-order valence-corrected chi connectivity index (χ0v) is 12.3. The molecule has 0 aromatic heterocycles. The van der Waals surface area contributed by atoms with E-state index in [4.69, 9.17) is 0 Å². The highest BCUT2D eigenvalue weighted by Gasteiger charge is 2.41. The van der Waals surface area contributed by atoms with Gasteiger partial charge in [0.1, 0.15) is 0 Å². The Kier molecular flexibility index (Phi) is 4.67. The molecule has 2 rings (SSSR count). The van der Waals surface area contributed by atoms with Crippen LogP contribution in [-0.4, -0.2) is 12.1 Å². The van der Waals surface area contributed by atoms with Crippen molar-refractivity contribution < 1.29 is 18.0 Å². The Balaban J connectivity index is 2.24. The van der Waals surface area contributed by atoms with Crippen LogP contribution in [0.3, 0.4) is 0 Å². The number of carbonyl (C=O) groups is 1. The number of benzene rings is 2. The van der Waals surface area contributed by atoms with Crippen LogP contribution in [0.1, 0.15) is 22.0 Å². The first-order valence-electron chi connectivity index (χ1n) is 6.06. The molecule has 0 fully saturated rings. The molecule has 0 saturated carbocycles. The van der Waals surface area contributed by atoms with Crippen LogP contribution < -0.4 is 5.32 Å². The third-order valence-electron chi connectivity index (χ3n) is 2.84. The van der Waals surface area contributed by atoms with E-state index < -0.39 is 18.1 Å². The molecule has 0 aliphatic rings. The fourth-order valence-electron chi connectivity index (χ4n) is 1.82. The number of alkyl halides is 3. The van der Waals surface area contributed by atoms with Gasteiger partial charge in [0.15, 0.2) is 6.04 Å². The normalized spacial score (nSPS) is 12.8. The molecule has 1 atom stereocenters. The number of rotatable bonds is 3. The molecule has 110 valence electrons. The Hall–Kier alpha value is -1.82. The van der Waals surface area contributed by atoms with Gasteiger partial charge < -0.3 is 5.32 Å². The molecule has 0 aliphatic heterocycles. The Labute approximate surface area is 128 Å². The van der Waals surface area contributed by atoms with E-state index >= 15 is 0 Å². The molecule has 21 heavy (non-hydrogen) atoms. The molecule has 1 N–H and O–H groups in total. The van der Waals surface area contributed by atoms with E-state index in [-0.39, 0.29) is 11.1 Å². The van der Waals surface area contributed by atoms with Gasteiger partial charge in [0.25, 0.3) is 5.91 Å². The monoisotopic (exact) mass is 357 g/mol. The van der Waals surface area contributed by atoms with Crippen molar-refractivity contribution in [2.24, 2.45) is 0 Å². The average molecular weight is 358 g/mol. The minimum absolute atomic E-state index is 0.00420. The SMILES string of the molecule is O=C(NC(c1ccccc1)C(F)(F)F)c1ccc(Br)cc1. The Bertz CT molecular complexity index is 611. The second-order valence-corrected chi connectivity index (χ2v) is 5.28. The minimum Gasteiger partial charge on any atom is -0.337 e. The molecule has 0 bridgehead atoms. The largest absolute Gasteiger partial charge is 0.412 e. The van der Waals surface area contributed by atoms with E-state index in [0.29, 0.717) is 0 Å². The van der Waals surface area contributed by atoms with Crippen molar-refractivity contribution in [2.75, 3.05) is 0 Å². The molecule has 2 aromatic carbocycles. The zero-order chi connectivity index (χ0) is 15.5. The molecule has 0 saturated heterocycles. The number of hydrogen-bond donors (Lipinski definition) is 1. The second kappa shape index (κ2) is 6.30. The highest BCUT2D eigenvalue weighted by atomic mass is 79.9. The van der Waals surface area contributed by atoms with Crippen molar-refractivity contribution >= 4 is 21.8 Å². The third kappa shape index (κ3) is 4.07. The predicted molar refractivity (Wildman–Crippen MR) is 76.8 cm³/mol. The smallest absolute Gasteiger partial charge is 0.337 e. The van der Waals surface area contributed by atoms with Crippen molar-refractivity contribution in [3.63, 3.8) is 0 Å². The summed E-state index contributed by atoms with van der Waals surface area (Å²) in [7, 11) is 0. The summed E-state index contributed by atoms with van der Waals surface area (Å²) in [5.74, 6) is -0.770. The maximum atomic E-state index is 13.1. The number of halogens is 4. The lowest BCUT2D eigenvalue weighted by Gasteiger charge is -2.22. The highest BCUT2D eigenvalue weighted by Crippen LogP contribution is 2.32. The van der Waals surface area contributed by atoms with Gasteiger partial charge >= 0.3 is 6.18 Å². The molecule has 0 radical (unpaired) electrons. The number of nitrogens with one attached hydrogen (secondary N) is 1. The summed E-state index contributed by atoms with van der Waals surface area (Å²) in [5, 5.41) is 2.03. The summed E-state index contributed by atoms with van der Waals surface area (Å²) in [6, 6.07) is 11.4. The first kappa shape index (κ1) is 15.6. The van der Waals surface area contributed by atoms with Gasteiger partial charge in [0.2, 0.25) is 0 Å². The van der Waals surface area contributed by atoms with E-state index in [2.05, 4.69) is 15.9 Å². The number of carbonyl (C=O) groups excluding carboxylic acids is 1. The lowest BCUT2D eigenvalue weighted by molar-refractivity contribution is -0.155. The van der Waals surface area contributed by atoms with Crippen LogP contribution >= 0.6 is 15.9 Å². The summed E-state index contributed by atoms with van der Waals surface area (Å²) in [5.41, 5.74) is 0.166. The molecule has 0 aliphatic carbocycles. The van der Waals surface area contributed by atoms with Gasteiger partial charge in [-0.1, -0.05) is 46.3 Å². The fourth-order valence-corrected chi connectivity index (χ4v) is 2.08. The lowest BCUT2D eigenvalue weighted by atomic mass is 10.1. The Morgan fingerprint density at radius 3 is 2.10 bits per heavy atom. The van der Waals surface area contributed by atoms with Crippen LogP contribution in [0.15, 0.2) is 59.1 Å². The van der Waals surface area contributed by atoms with Gasteiger partial charge in [-0.05, 0) is 29.8 Å². The van der Waals surface area contributed by atoms with Gasteiger partial charge in [-0.15, -0.1) is 0 Å². The Morgan fingerprint density at radius 1 is 1.00 bits per heavy atom. The van der Waals surface area contributed by atoms with Crippen molar-refractivity contribution in [1.29, 1.82) is 0 Å². The molecule has 0 spiro atoms. The minimum atomic E-state index is -4.56. The molecular formula is C15H11BrF3NO. The summed E-state index contributed by atoms with van der Waals surface area (Å²) in [6.45, 7) is 0. The van der Waals surface area contributed by atoms with E-state index in [0.717, 1.165) is 4.47 Å². The molecule has 2 nitrogen and oxygen atoms in total. The van der Waals surface area contributed by atoms with Crippen LogP contribution in [0.4, 0.5) is 13.2 Å². The Morgan fingerprint density at radius 2 is 1.57 bits per heavy atom. The molecule has 2 aromatic rings. The zero-order valence-electron chi connectivity index (χ0n) is 10.7. The van der Waals surface area contributed by atoms with Crippen LogP contribution in [0.5, 0.6) is 0 Å². The summed E-state index contributed by atoms with van der Waals surface area (Å²) < 4.78 is 40.1. The van der Waals surface area contributed by atoms with Crippen molar-refractivity contribution in [3.8, 4) is 0 Å². The average Bonchev–Trinajstić information content (AvgIpc) is 2.45. The van der Waals surface area contributed by atoms with Gasteiger partial charge in [-0.25, -0.2) is 0 Å². The van der Waals surface area contributed by atoms with Crippen molar-refractivity contribution in [2.45, 2.75) is 12.2 Å². The maximum absolute atomic E-state index is 13.1. The molecular weight excluding hydrogens is 347 g/mol. The third-order valence-corrected chi connectivity index (χ3v) is 3.37. The second-order valence-electron chi connectivity index (χ2n) is 4.37. The van der Waals surface area contributed by atoms with E-state index in [1.807, 2.05) is 5.32 Å². The summed E-state index contributed by atoms with van der Waals surface area (Å²) >= 11 is 3.20. The van der Waals surface area contributed by atoms with Gasteiger partial charge in [0, 0.05) is 10.0 Å². The summed E-state index contributed by atoms with van der Waals surface area (Å²) in [4.78, 5) is 12.0. The fraction of sp³-hybridized carbons (Fsp3) is 0.133. The van der Waals surface area contributed by atoms with Gasteiger partial charge in [-0.2, -0.15) is 13.2 Å². The first-order chi connectivity index (χ1) is 9.88. The van der Waals surface area contributed by atoms with Crippen LogP contribution in [0.25, 0.3) is 0 Å². The van der Waals surface area contributed by atoms with E-state index in [1.54, 1.807) is 18.2 Å². The maximum Gasteiger partial charge on any atom is 0.412 e. The van der Waals surface area contributed by atoms with E-state index in [1.165, 1.54) is 36.4 Å². The topological polar surface area (TPSA) is 29.1 Å². The summed E-state index contributed by atoms with van der Waals surface area (Å²) in [6.07, 6.45) is -4.56. The van der Waals surface area contributed by atoms with E-state index in [9.17, 15) is 18.0 Å². The number of hydrogen-bond acceptors (Lipinski definition) is 1. The molecule has 6 heteroatoms. The lowest BCUT2D eigenvalue weighted by Crippen LogP contribution is -2.38. The molecule has 1 unspecified atom stereocenters. The molecule has 0 heterocycles. The van der Waals surface area contributed by atoms with Crippen LogP contribution in [-0.2, 0) is 0 Å².